The molecule has 0 saturated heterocycles. The zero-order valence-corrected chi connectivity index (χ0v) is 7.38. The number of hydrogen-bond donors (Lipinski definition) is 1. The third-order valence-corrected chi connectivity index (χ3v) is 1.91. The Balaban J connectivity index is 3.75. The van der Waals surface area contributed by atoms with Gasteiger partial charge in [0.15, 0.2) is 0 Å². The van der Waals surface area contributed by atoms with E-state index in [0.717, 1.165) is 0 Å². The number of carboxylic acids is 1. The van der Waals surface area contributed by atoms with Crippen molar-refractivity contribution in [3.8, 4) is 0 Å². The van der Waals surface area contributed by atoms with Crippen LogP contribution in [0.25, 0.3) is 0 Å². The van der Waals surface area contributed by atoms with Crippen molar-refractivity contribution in [2.24, 2.45) is 0 Å². The van der Waals surface area contributed by atoms with E-state index in [1.54, 1.807) is 0 Å². The summed E-state index contributed by atoms with van der Waals surface area (Å²) in [6.07, 6.45) is 0.676. The predicted octanol–water partition coefficient (Wildman–Crippen LogP) is 2.26. The van der Waals surface area contributed by atoms with E-state index in [4.69, 9.17) is 39.9 Å². The highest BCUT2D eigenvalue weighted by Crippen LogP contribution is 2.26. The zero-order chi connectivity index (χ0) is 8.20. The minimum absolute atomic E-state index is 0.176. The van der Waals surface area contributed by atoms with Crippen molar-refractivity contribution in [1.29, 1.82) is 0 Å². The van der Waals surface area contributed by atoms with E-state index in [1.807, 2.05) is 0 Å². The molecule has 0 aliphatic carbocycles. The molecule has 0 rings (SSSR count). The molecule has 0 saturated carbocycles. The Kier molecular flexibility index (Phi) is 4.41. The van der Waals surface area contributed by atoms with Gasteiger partial charge < -0.3 is 5.11 Å². The van der Waals surface area contributed by atoms with Gasteiger partial charge in [0.25, 0.3) is 0 Å². The summed E-state index contributed by atoms with van der Waals surface area (Å²) in [5.74, 6) is -0.852. The van der Waals surface area contributed by atoms with Crippen LogP contribution >= 0.6 is 34.8 Å². The molecule has 0 radical (unpaired) electrons. The largest absolute Gasteiger partial charge is 0.479 e. The van der Waals surface area contributed by atoms with Crippen molar-refractivity contribution in [3.63, 3.8) is 0 Å². The lowest BCUT2D eigenvalue weighted by molar-refractivity contribution is -0.137. The molecule has 0 heterocycles. The van der Waals surface area contributed by atoms with Crippen LogP contribution in [0, 0.1) is 0 Å². The topological polar surface area (TPSA) is 37.3 Å². The molecule has 0 bridgehead atoms. The second-order valence-corrected chi connectivity index (χ2v) is 3.66. The minimum atomic E-state index is -1.67. The van der Waals surface area contributed by atoms with Gasteiger partial charge in [-0.2, -0.15) is 0 Å². The van der Waals surface area contributed by atoms with Crippen molar-refractivity contribution in [1.82, 2.24) is 0 Å². The number of carbonyl (C=O) groups is 1. The van der Waals surface area contributed by atoms with Gasteiger partial charge in [0.05, 0.1) is 0 Å². The summed E-state index contributed by atoms with van der Waals surface area (Å²) in [6, 6.07) is 0. The molecule has 0 spiro atoms. The standard InChI is InChI=1S/C5H7Cl3O2/c6-3-1-2-5(7,8)4(9)10/h1-3H2,(H,9,10). The summed E-state index contributed by atoms with van der Waals surface area (Å²) < 4.78 is -1.67. The van der Waals surface area contributed by atoms with Gasteiger partial charge >= 0.3 is 5.97 Å². The highest BCUT2D eigenvalue weighted by Gasteiger charge is 2.32. The molecule has 0 aromatic carbocycles. The average Bonchev–Trinajstić information content (AvgIpc) is 1.84. The summed E-state index contributed by atoms with van der Waals surface area (Å²) in [7, 11) is 0. The first-order valence-corrected chi connectivity index (χ1v) is 3.97. The molecule has 0 aliphatic heterocycles. The molecule has 0 aromatic rings. The maximum atomic E-state index is 10.2. The van der Waals surface area contributed by atoms with Crippen molar-refractivity contribution in [2.45, 2.75) is 17.2 Å². The molecule has 10 heavy (non-hydrogen) atoms. The van der Waals surface area contributed by atoms with Crippen LogP contribution < -0.4 is 0 Å². The fourth-order valence-electron chi connectivity index (χ4n) is 0.396. The summed E-state index contributed by atoms with van der Waals surface area (Å²) in [6.45, 7) is 0. The molecule has 5 heteroatoms. The van der Waals surface area contributed by atoms with Crippen LogP contribution in [0.15, 0.2) is 0 Å². The van der Waals surface area contributed by atoms with Crippen LogP contribution in [0.2, 0.25) is 0 Å². The molecule has 0 aromatic heterocycles. The molecule has 60 valence electrons. The Hall–Kier alpha value is 0.340. The van der Waals surface area contributed by atoms with Crippen molar-refractivity contribution in [3.05, 3.63) is 0 Å². The number of hydrogen-bond acceptors (Lipinski definition) is 1. The molecular formula is C5H7Cl3O2. The van der Waals surface area contributed by atoms with E-state index >= 15 is 0 Å². The van der Waals surface area contributed by atoms with Crippen LogP contribution in [0.1, 0.15) is 12.8 Å². The highest BCUT2D eigenvalue weighted by atomic mass is 35.5. The Bertz CT molecular complexity index is 124. The Morgan fingerprint density at radius 2 is 2.00 bits per heavy atom. The van der Waals surface area contributed by atoms with Gasteiger partial charge in [0.2, 0.25) is 4.33 Å². The fourth-order valence-corrected chi connectivity index (χ4v) is 0.797. The Morgan fingerprint density at radius 1 is 1.50 bits per heavy atom. The number of alkyl halides is 3. The van der Waals surface area contributed by atoms with Crippen LogP contribution in [0.3, 0.4) is 0 Å². The highest BCUT2D eigenvalue weighted by molar-refractivity contribution is 6.57. The lowest BCUT2D eigenvalue weighted by Crippen LogP contribution is -2.25. The second kappa shape index (κ2) is 4.27. The molecular weight excluding hydrogens is 198 g/mol. The Labute approximate surface area is 74.1 Å². The van der Waals surface area contributed by atoms with E-state index in [9.17, 15) is 4.79 Å². The lowest BCUT2D eigenvalue weighted by Gasteiger charge is -2.11. The number of rotatable bonds is 4. The maximum absolute atomic E-state index is 10.2. The minimum Gasteiger partial charge on any atom is -0.479 e. The normalized spacial score (nSPS) is 11.5. The molecule has 0 aliphatic rings. The van der Waals surface area contributed by atoms with E-state index in [0.29, 0.717) is 12.3 Å². The summed E-state index contributed by atoms with van der Waals surface area (Å²) in [5.41, 5.74) is 0. The van der Waals surface area contributed by atoms with E-state index in [1.165, 1.54) is 0 Å². The fraction of sp³-hybridized carbons (Fsp3) is 0.800. The lowest BCUT2D eigenvalue weighted by atomic mass is 10.2. The molecule has 0 unspecified atom stereocenters. The quantitative estimate of drug-likeness (QED) is 0.715. The zero-order valence-electron chi connectivity index (χ0n) is 5.11. The number of carboxylic acid groups (broad SMARTS) is 1. The van der Waals surface area contributed by atoms with Crippen LogP contribution in [-0.2, 0) is 4.79 Å². The van der Waals surface area contributed by atoms with Crippen LogP contribution in [-0.4, -0.2) is 21.3 Å². The van der Waals surface area contributed by atoms with Crippen LogP contribution in [0.4, 0.5) is 0 Å². The summed E-state index contributed by atoms with van der Waals surface area (Å²) in [5, 5.41) is 8.36. The maximum Gasteiger partial charge on any atom is 0.340 e. The van der Waals surface area contributed by atoms with Crippen molar-refractivity contribution < 1.29 is 9.90 Å². The molecule has 0 fully saturated rings. The molecule has 0 amide bonds. The SMILES string of the molecule is O=C(O)C(Cl)(Cl)CCCCl. The third-order valence-electron chi connectivity index (χ3n) is 0.937. The monoisotopic (exact) mass is 204 g/mol. The molecule has 2 nitrogen and oxygen atoms in total. The van der Waals surface area contributed by atoms with Gasteiger partial charge in [-0.25, -0.2) is 4.79 Å². The smallest absolute Gasteiger partial charge is 0.340 e. The summed E-state index contributed by atoms with van der Waals surface area (Å²) in [4.78, 5) is 10.2. The number of aliphatic carboxylic acids is 1. The van der Waals surface area contributed by atoms with Gasteiger partial charge in [-0.1, -0.05) is 23.2 Å². The first-order chi connectivity index (χ1) is 4.50. The third kappa shape index (κ3) is 3.49. The van der Waals surface area contributed by atoms with E-state index in [-0.39, 0.29) is 6.42 Å². The summed E-state index contributed by atoms with van der Waals surface area (Å²) >= 11 is 16.0. The predicted molar refractivity (Wildman–Crippen MR) is 42.0 cm³/mol. The second-order valence-electron chi connectivity index (χ2n) is 1.80. The number of halogens is 3. The van der Waals surface area contributed by atoms with E-state index in [2.05, 4.69) is 0 Å². The van der Waals surface area contributed by atoms with E-state index < -0.39 is 10.3 Å². The van der Waals surface area contributed by atoms with Gasteiger partial charge in [-0.15, -0.1) is 11.6 Å². The van der Waals surface area contributed by atoms with Crippen molar-refractivity contribution in [2.75, 3.05) is 5.88 Å². The first-order valence-electron chi connectivity index (χ1n) is 2.68. The van der Waals surface area contributed by atoms with Crippen LogP contribution in [0.5, 0.6) is 0 Å². The van der Waals surface area contributed by atoms with Gasteiger partial charge in [-0.05, 0) is 12.8 Å². The first kappa shape index (κ1) is 10.3. The molecule has 0 atom stereocenters. The van der Waals surface area contributed by atoms with Gasteiger partial charge in [-0.3, -0.25) is 0 Å². The van der Waals surface area contributed by atoms with Crippen molar-refractivity contribution >= 4 is 40.8 Å². The van der Waals surface area contributed by atoms with Gasteiger partial charge in [0.1, 0.15) is 0 Å². The van der Waals surface area contributed by atoms with Gasteiger partial charge in [0, 0.05) is 5.88 Å². The molecule has 1 N–H and O–H groups in total. The Morgan fingerprint density at radius 3 is 2.30 bits per heavy atom. The average molecular weight is 205 g/mol.